The van der Waals surface area contributed by atoms with Gasteiger partial charge in [0.25, 0.3) is 0 Å². The number of aromatic nitrogens is 18. The lowest BCUT2D eigenvalue weighted by Gasteiger charge is -2.15. The van der Waals surface area contributed by atoms with E-state index >= 15 is 0 Å². The number of aromatic amines is 2. The summed E-state index contributed by atoms with van der Waals surface area (Å²) in [5, 5.41) is 19.4. The van der Waals surface area contributed by atoms with Crippen molar-refractivity contribution in [3.8, 4) is 22.5 Å². The third-order valence-corrected chi connectivity index (χ3v) is 19.7. The van der Waals surface area contributed by atoms with Crippen molar-refractivity contribution in [1.82, 2.24) is 88.1 Å². The number of rotatable bonds is 21. The molecule has 500 valence electrons. The minimum Gasteiger partial charge on any atom is -0.410 e. The third kappa shape index (κ3) is 27.1. The zero-order valence-electron chi connectivity index (χ0n) is 54.7. The summed E-state index contributed by atoms with van der Waals surface area (Å²) in [6.07, 6.45) is 25.3. The van der Waals surface area contributed by atoms with Crippen LogP contribution in [0.25, 0.3) is 66.6 Å². The Balaban J connectivity index is 0.000000246. The van der Waals surface area contributed by atoms with Gasteiger partial charge in [-0.1, -0.05) is 166 Å². The number of nitrogens with zero attached hydrogens (tertiary/aromatic N) is 16. The smallest absolute Gasteiger partial charge is 0.410 e. The van der Waals surface area contributed by atoms with Crippen molar-refractivity contribution in [3.63, 3.8) is 0 Å². The normalized spacial score (nSPS) is 11.4. The molecular weight excluding hydrogens is 1710 g/mol. The summed E-state index contributed by atoms with van der Waals surface area (Å²) < 4.78 is 37.9. The van der Waals surface area contributed by atoms with E-state index in [1.54, 1.807) is 56.6 Å². The van der Waals surface area contributed by atoms with Crippen molar-refractivity contribution in [2.75, 3.05) is 39.0 Å². The molecule has 0 saturated heterocycles. The SMILES string of the molecule is C.CI.COB(OC)c1cnn(C)c1.C[Si](C)(C)CCOCn1ccc2c(-c3cn[nH]c3)ncnc21.C[Si](C)(C)CCOCn1ccc2c(-c3cnn(PP)c3)ncnc21.Cc1ncnc2[nH]ccc12.Cc1ncnc2c1ccn2COCC[Si](C)(C)C.IC(I)I. The van der Waals surface area contributed by atoms with Crippen LogP contribution in [0.2, 0.25) is 77.1 Å². The summed E-state index contributed by atoms with van der Waals surface area (Å²) in [6, 6.07) is 11.6. The topological polar surface area (TPSA) is 244 Å². The van der Waals surface area contributed by atoms with Crippen LogP contribution in [0.15, 0.2) is 112 Å². The van der Waals surface area contributed by atoms with Gasteiger partial charge in [-0.3, -0.25) is 14.2 Å². The summed E-state index contributed by atoms with van der Waals surface area (Å²) in [6.45, 7) is 29.2. The van der Waals surface area contributed by atoms with E-state index in [4.69, 9.17) is 23.5 Å². The second kappa shape index (κ2) is 40.8. The van der Waals surface area contributed by atoms with E-state index in [0.717, 1.165) is 103 Å². The number of halogens is 4. The van der Waals surface area contributed by atoms with Gasteiger partial charge in [-0.2, -0.15) is 15.3 Å². The summed E-state index contributed by atoms with van der Waals surface area (Å²) in [5.74, 6) is 0. The Bertz CT molecular complexity index is 3850. The molecule has 0 radical (unpaired) electrons. The van der Waals surface area contributed by atoms with E-state index in [0.29, 0.717) is 28.6 Å². The number of ether oxygens (including phenoxy) is 3. The van der Waals surface area contributed by atoms with E-state index in [2.05, 4.69) is 223 Å². The fourth-order valence-corrected chi connectivity index (χ4v) is 11.4. The number of fused-ring (bicyclic) bond motifs is 4. The first kappa shape index (κ1) is 80.8. The Morgan fingerprint density at radius 1 is 0.576 bits per heavy atom. The van der Waals surface area contributed by atoms with E-state index in [-0.39, 0.29) is 14.5 Å². The van der Waals surface area contributed by atoms with Gasteiger partial charge in [0, 0.05) is 161 Å². The lowest BCUT2D eigenvalue weighted by Crippen LogP contribution is -2.33. The van der Waals surface area contributed by atoms with Gasteiger partial charge in [0.15, 0.2) is 0 Å². The first-order valence-electron chi connectivity index (χ1n) is 29.1. The Morgan fingerprint density at radius 3 is 1.43 bits per heavy atom. The van der Waals surface area contributed by atoms with Crippen LogP contribution in [0.4, 0.5) is 0 Å². The highest BCUT2D eigenvalue weighted by Crippen LogP contribution is 2.30. The van der Waals surface area contributed by atoms with Crippen LogP contribution in [-0.4, -0.2) is 158 Å². The fraction of sp³-hybridized carbons (Fsp3) is 0.441. The van der Waals surface area contributed by atoms with Gasteiger partial charge in [0.2, 0.25) is 0 Å². The average Bonchev–Trinajstić information content (AvgIpc) is 1.66. The molecule has 11 aromatic rings. The molecule has 0 aliphatic rings. The molecule has 23 nitrogen and oxygen atoms in total. The van der Waals surface area contributed by atoms with Crippen LogP contribution in [0.3, 0.4) is 0 Å². The van der Waals surface area contributed by atoms with Crippen LogP contribution >= 0.6 is 108 Å². The lowest BCUT2D eigenvalue weighted by molar-refractivity contribution is 0.0898. The maximum Gasteiger partial charge on any atom is 0.496 e. The predicted octanol–water partition coefficient (Wildman–Crippen LogP) is 15.0. The van der Waals surface area contributed by atoms with E-state index in [9.17, 15) is 0 Å². The molecule has 0 bridgehead atoms. The molecule has 0 fully saturated rings. The highest BCUT2D eigenvalue weighted by molar-refractivity contribution is 14.3. The number of aryl methyl sites for hydroxylation is 3. The average molecular weight is 1800 g/mol. The van der Waals surface area contributed by atoms with Gasteiger partial charge >= 0.3 is 7.12 Å². The van der Waals surface area contributed by atoms with Gasteiger partial charge in [-0.25, -0.2) is 39.9 Å². The van der Waals surface area contributed by atoms with Crippen molar-refractivity contribution in [2.24, 2.45) is 7.05 Å². The first-order valence-corrected chi connectivity index (χ1v) is 48.8. The molecule has 11 rings (SSSR count). The van der Waals surface area contributed by atoms with Crippen LogP contribution < -0.4 is 5.46 Å². The molecule has 0 amide bonds. The molecule has 2 atom stereocenters. The molecular formula is C59H91BI4N18O5P2Si3. The first-order chi connectivity index (χ1) is 43.4. The summed E-state index contributed by atoms with van der Waals surface area (Å²) in [5.41, 5.74) is 10.4. The van der Waals surface area contributed by atoms with Crippen LogP contribution in [0.1, 0.15) is 18.8 Å². The van der Waals surface area contributed by atoms with Crippen molar-refractivity contribution in [3.05, 3.63) is 123 Å². The molecule has 33 heteroatoms. The summed E-state index contributed by atoms with van der Waals surface area (Å²) in [4.78, 5) is 39.2. The fourth-order valence-electron chi connectivity index (χ4n) is 8.36. The Labute approximate surface area is 604 Å². The Morgan fingerprint density at radius 2 is 1.02 bits per heavy atom. The van der Waals surface area contributed by atoms with Crippen LogP contribution in [0, 0.1) is 13.8 Å². The molecule has 0 aliphatic heterocycles. The largest absolute Gasteiger partial charge is 0.496 e. The van der Waals surface area contributed by atoms with E-state index < -0.39 is 24.2 Å². The monoisotopic (exact) mass is 1800 g/mol. The number of H-pyrrole nitrogens is 2. The van der Waals surface area contributed by atoms with Crippen molar-refractivity contribution in [2.45, 2.75) is 118 Å². The summed E-state index contributed by atoms with van der Waals surface area (Å²) in [7, 11) is 4.86. The van der Waals surface area contributed by atoms with E-state index in [1.807, 2.05) is 118 Å². The molecule has 11 aromatic heterocycles. The zero-order chi connectivity index (χ0) is 66.7. The van der Waals surface area contributed by atoms with Crippen molar-refractivity contribution < 1.29 is 23.5 Å². The predicted molar refractivity (Wildman–Crippen MR) is 426 cm³/mol. The minimum absolute atomic E-state index is 0. The van der Waals surface area contributed by atoms with Gasteiger partial charge < -0.3 is 42.2 Å². The molecule has 2 N–H and O–H groups in total. The van der Waals surface area contributed by atoms with Crippen LogP contribution in [-0.2, 0) is 50.8 Å². The second-order valence-corrected chi connectivity index (χ2v) is 53.2. The molecule has 0 aliphatic carbocycles. The molecule has 0 spiro atoms. The maximum absolute atomic E-state index is 5.85. The van der Waals surface area contributed by atoms with Gasteiger partial charge in [-0.05, 0) is 61.2 Å². The molecule has 0 saturated carbocycles. The highest BCUT2D eigenvalue weighted by Gasteiger charge is 2.20. The highest BCUT2D eigenvalue weighted by atomic mass is 127. The van der Waals surface area contributed by atoms with E-state index in [1.165, 1.54) is 18.1 Å². The number of hydrogen-bond donors (Lipinski definition) is 2. The maximum atomic E-state index is 5.85. The molecule has 11 heterocycles. The Hall–Kier alpha value is -3.59. The molecule has 2 unspecified atom stereocenters. The van der Waals surface area contributed by atoms with Crippen molar-refractivity contribution >= 4 is 189 Å². The lowest BCUT2D eigenvalue weighted by atomic mass is 9.82. The van der Waals surface area contributed by atoms with Gasteiger partial charge in [-0.15, -0.1) is 0 Å². The molecule has 0 aromatic carbocycles. The number of alkyl halides is 4. The van der Waals surface area contributed by atoms with Crippen molar-refractivity contribution in [1.29, 1.82) is 0 Å². The van der Waals surface area contributed by atoms with Gasteiger partial charge in [0.05, 0.1) is 35.2 Å². The standard InChI is InChI=1S/C15H23N5OP2Si.C15H21N5OSi.C13H21N3OSi.C7H7N3.C6H11BN2O2.CHI3.CH3I.CH4/c1-24(2,3)7-6-21-11-19-5-4-13-14(16-10-17-15(13)19)12-8-18-20(9-12)23-22;1-22(2,3)7-6-21-11-20-5-4-13-14(12-8-18-19-9-12)16-10-17-15(13)20;1-11-12-5-6-16(13(12)15-9-14-11)10-17-7-8-18(2,3)4;1-5-6-2-3-8-7(6)10-4-9-5;1-9-5-6(4-8-9)7(10-2)11-3;2-1(3)4;1-2;/h4-5,8-10,23H,6-7,11,22H2,1-3H3;4-5,8-10H,6-7,11H2,1-3H3,(H,18,19);5-6,9H,7-8,10H2,1-4H3;2-4H,1H3,(H,8,9,10);4-5H,1-3H3;1H;1H3;1H4. The quantitative estimate of drug-likeness (QED) is 0.0223. The number of nitrogens with one attached hydrogen (secondary N) is 2. The zero-order valence-corrected chi connectivity index (χ0v) is 68.5. The second-order valence-electron chi connectivity index (χ2n) is 24.0. The van der Waals surface area contributed by atoms with Crippen LogP contribution in [0.5, 0.6) is 0 Å². The third-order valence-electron chi connectivity index (χ3n) is 13.3. The minimum atomic E-state index is -1.06. The Kier molecular flexibility index (Phi) is 35.9. The number of hydrogen-bond acceptors (Lipinski definition) is 16. The summed E-state index contributed by atoms with van der Waals surface area (Å²) >= 11 is 9.10. The molecule has 92 heavy (non-hydrogen) atoms. The van der Waals surface area contributed by atoms with Gasteiger partial charge in [0.1, 0.15) is 68.0 Å².